The van der Waals surface area contributed by atoms with Gasteiger partial charge < -0.3 is 9.47 Å². The fourth-order valence-corrected chi connectivity index (χ4v) is 0.484. The first kappa shape index (κ1) is 9.75. The smallest absolute Gasteiger partial charge is 0.307 e. The van der Waals surface area contributed by atoms with E-state index in [0.29, 0.717) is 12.4 Å². The standard InChI is InChI=1S/C8H12O3/c1-4-5-10-6-7(2)11-8(3)9/h4,6H,1,5H2,2-3H3. The molecular formula is C8H12O3. The van der Waals surface area contributed by atoms with Gasteiger partial charge in [-0.3, -0.25) is 4.79 Å². The van der Waals surface area contributed by atoms with Gasteiger partial charge in [-0.15, -0.1) is 0 Å². The molecule has 0 aromatic carbocycles. The van der Waals surface area contributed by atoms with Crippen LogP contribution in [0.15, 0.2) is 24.7 Å². The van der Waals surface area contributed by atoms with Gasteiger partial charge in [-0.1, -0.05) is 12.7 Å². The van der Waals surface area contributed by atoms with E-state index in [9.17, 15) is 4.79 Å². The quantitative estimate of drug-likeness (QED) is 0.268. The van der Waals surface area contributed by atoms with E-state index in [0.717, 1.165) is 0 Å². The maximum Gasteiger partial charge on any atom is 0.307 e. The molecule has 0 heterocycles. The molecule has 0 atom stereocenters. The van der Waals surface area contributed by atoms with E-state index in [1.807, 2.05) is 0 Å². The van der Waals surface area contributed by atoms with Gasteiger partial charge >= 0.3 is 5.97 Å². The third-order valence-corrected chi connectivity index (χ3v) is 0.768. The van der Waals surface area contributed by atoms with Crippen LogP contribution in [0, 0.1) is 0 Å². The van der Waals surface area contributed by atoms with Crippen molar-refractivity contribution < 1.29 is 14.3 Å². The van der Waals surface area contributed by atoms with E-state index in [-0.39, 0.29) is 5.97 Å². The summed E-state index contributed by atoms with van der Waals surface area (Å²) in [6.45, 7) is 6.85. The molecule has 0 aromatic rings. The van der Waals surface area contributed by atoms with Crippen molar-refractivity contribution in [2.24, 2.45) is 0 Å². The second-order valence-electron chi connectivity index (χ2n) is 1.94. The van der Waals surface area contributed by atoms with Crippen LogP contribution in [0.4, 0.5) is 0 Å². The van der Waals surface area contributed by atoms with Gasteiger partial charge in [0.15, 0.2) is 0 Å². The molecule has 0 amide bonds. The van der Waals surface area contributed by atoms with Crippen LogP contribution in [0.3, 0.4) is 0 Å². The number of carbonyl (C=O) groups is 1. The van der Waals surface area contributed by atoms with Gasteiger partial charge in [0.25, 0.3) is 0 Å². The van der Waals surface area contributed by atoms with E-state index < -0.39 is 0 Å². The topological polar surface area (TPSA) is 35.5 Å². The highest BCUT2D eigenvalue weighted by Crippen LogP contribution is 1.95. The Morgan fingerprint density at radius 3 is 2.64 bits per heavy atom. The number of hydrogen-bond acceptors (Lipinski definition) is 3. The molecule has 0 rings (SSSR count). The van der Waals surface area contributed by atoms with Crippen molar-refractivity contribution in [1.82, 2.24) is 0 Å². The molecule has 0 bridgehead atoms. The van der Waals surface area contributed by atoms with Crippen molar-refractivity contribution in [2.75, 3.05) is 6.61 Å². The summed E-state index contributed by atoms with van der Waals surface area (Å²) < 4.78 is 9.55. The molecule has 62 valence electrons. The second-order valence-corrected chi connectivity index (χ2v) is 1.94. The van der Waals surface area contributed by atoms with Gasteiger partial charge in [-0.25, -0.2) is 0 Å². The first-order chi connectivity index (χ1) is 5.16. The molecule has 3 heteroatoms. The highest BCUT2D eigenvalue weighted by Gasteiger charge is 1.93. The van der Waals surface area contributed by atoms with Gasteiger partial charge in [-0.2, -0.15) is 0 Å². The van der Waals surface area contributed by atoms with Crippen molar-refractivity contribution >= 4 is 5.97 Å². The molecule has 0 radical (unpaired) electrons. The Morgan fingerprint density at radius 2 is 2.18 bits per heavy atom. The zero-order valence-electron chi connectivity index (χ0n) is 6.79. The van der Waals surface area contributed by atoms with Crippen molar-refractivity contribution in [3.05, 3.63) is 24.7 Å². The van der Waals surface area contributed by atoms with Crippen LogP contribution in [-0.2, 0) is 14.3 Å². The van der Waals surface area contributed by atoms with E-state index >= 15 is 0 Å². The van der Waals surface area contributed by atoms with Gasteiger partial charge in [0, 0.05) is 6.92 Å². The minimum Gasteiger partial charge on any atom is -0.494 e. The molecule has 0 aliphatic heterocycles. The molecule has 0 aromatic heterocycles. The molecule has 0 saturated heterocycles. The summed E-state index contributed by atoms with van der Waals surface area (Å²) in [6.07, 6.45) is 2.99. The maximum absolute atomic E-state index is 10.3. The lowest BCUT2D eigenvalue weighted by atomic mass is 10.6. The lowest BCUT2D eigenvalue weighted by Crippen LogP contribution is -1.96. The molecule has 0 aliphatic carbocycles. The summed E-state index contributed by atoms with van der Waals surface area (Å²) in [5.74, 6) is 0.0975. The van der Waals surface area contributed by atoms with E-state index in [4.69, 9.17) is 4.74 Å². The minimum atomic E-state index is -0.346. The zero-order valence-corrected chi connectivity index (χ0v) is 6.79. The molecule has 0 saturated carbocycles. The van der Waals surface area contributed by atoms with E-state index in [1.54, 1.807) is 13.0 Å². The Bertz CT molecular complexity index is 170. The van der Waals surface area contributed by atoms with E-state index in [2.05, 4.69) is 11.3 Å². The van der Waals surface area contributed by atoms with E-state index in [1.165, 1.54) is 13.2 Å². The first-order valence-electron chi connectivity index (χ1n) is 3.24. The van der Waals surface area contributed by atoms with Gasteiger partial charge in [-0.05, 0) is 6.92 Å². The first-order valence-corrected chi connectivity index (χ1v) is 3.24. The molecular weight excluding hydrogens is 144 g/mol. The number of carbonyl (C=O) groups excluding carboxylic acids is 1. The number of rotatable bonds is 4. The highest BCUT2D eigenvalue weighted by atomic mass is 16.5. The maximum atomic E-state index is 10.3. The van der Waals surface area contributed by atoms with Crippen LogP contribution < -0.4 is 0 Å². The summed E-state index contributed by atoms with van der Waals surface area (Å²) in [6, 6.07) is 0. The monoisotopic (exact) mass is 156 g/mol. The lowest BCUT2D eigenvalue weighted by molar-refractivity contribution is -0.137. The fourth-order valence-electron chi connectivity index (χ4n) is 0.484. The van der Waals surface area contributed by atoms with Gasteiger partial charge in [0.2, 0.25) is 0 Å². The normalized spacial score (nSPS) is 10.5. The Kier molecular flexibility index (Phi) is 4.90. The Labute approximate surface area is 66.3 Å². The highest BCUT2D eigenvalue weighted by molar-refractivity contribution is 5.67. The molecule has 0 spiro atoms. The fraction of sp³-hybridized carbons (Fsp3) is 0.375. The van der Waals surface area contributed by atoms with Crippen LogP contribution in [0.5, 0.6) is 0 Å². The molecule has 0 aliphatic rings. The SMILES string of the molecule is C=CCOC=C(C)OC(C)=O. The third kappa shape index (κ3) is 6.64. The Hall–Kier alpha value is -1.25. The number of esters is 1. The molecule has 0 N–H and O–H groups in total. The predicted molar refractivity (Wildman–Crippen MR) is 41.7 cm³/mol. The van der Waals surface area contributed by atoms with Gasteiger partial charge in [0.1, 0.15) is 18.6 Å². The van der Waals surface area contributed by atoms with Crippen LogP contribution in [0.1, 0.15) is 13.8 Å². The summed E-state index contributed by atoms with van der Waals surface area (Å²) in [5, 5.41) is 0. The summed E-state index contributed by atoms with van der Waals surface area (Å²) in [5.41, 5.74) is 0. The van der Waals surface area contributed by atoms with Crippen molar-refractivity contribution in [1.29, 1.82) is 0 Å². The summed E-state index contributed by atoms with van der Waals surface area (Å²) in [4.78, 5) is 10.3. The Balaban J connectivity index is 3.62. The average Bonchev–Trinajstić information content (AvgIpc) is 1.86. The van der Waals surface area contributed by atoms with Crippen LogP contribution in [0.2, 0.25) is 0 Å². The largest absolute Gasteiger partial charge is 0.494 e. The third-order valence-electron chi connectivity index (χ3n) is 0.768. The minimum absolute atomic E-state index is 0.346. The molecule has 0 fully saturated rings. The predicted octanol–water partition coefficient (Wildman–Crippen LogP) is 1.61. The number of ether oxygens (including phenoxy) is 2. The molecule has 11 heavy (non-hydrogen) atoms. The average molecular weight is 156 g/mol. The Morgan fingerprint density at radius 1 is 1.55 bits per heavy atom. The van der Waals surface area contributed by atoms with Crippen LogP contribution >= 0.6 is 0 Å². The van der Waals surface area contributed by atoms with Crippen molar-refractivity contribution in [2.45, 2.75) is 13.8 Å². The second kappa shape index (κ2) is 5.53. The van der Waals surface area contributed by atoms with Crippen molar-refractivity contribution in [3.8, 4) is 0 Å². The van der Waals surface area contributed by atoms with Crippen molar-refractivity contribution in [3.63, 3.8) is 0 Å². The van der Waals surface area contributed by atoms with Crippen LogP contribution in [0.25, 0.3) is 0 Å². The summed E-state index contributed by atoms with van der Waals surface area (Å²) in [7, 11) is 0. The lowest BCUT2D eigenvalue weighted by Gasteiger charge is -2.00. The van der Waals surface area contributed by atoms with Gasteiger partial charge in [0.05, 0.1) is 0 Å². The molecule has 0 unspecified atom stereocenters. The zero-order chi connectivity index (χ0) is 8.69. The summed E-state index contributed by atoms with van der Waals surface area (Å²) >= 11 is 0. The van der Waals surface area contributed by atoms with Crippen LogP contribution in [-0.4, -0.2) is 12.6 Å². The molecule has 3 nitrogen and oxygen atoms in total. The number of hydrogen-bond donors (Lipinski definition) is 0. The number of allylic oxidation sites excluding steroid dienone is 1.